The summed E-state index contributed by atoms with van der Waals surface area (Å²) >= 11 is 0. The molecule has 2 aliphatic heterocycles. The van der Waals surface area contributed by atoms with E-state index in [0.29, 0.717) is 17.7 Å². The third kappa shape index (κ3) is 3.54. The molecule has 0 bridgehead atoms. The summed E-state index contributed by atoms with van der Waals surface area (Å²) in [5.74, 6) is 0.852. The predicted octanol–water partition coefficient (Wildman–Crippen LogP) is 1.78. The summed E-state index contributed by atoms with van der Waals surface area (Å²) in [6.07, 6.45) is 6.66. The van der Waals surface area contributed by atoms with Gasteiger partial charge in [0.15, 0.2) is 5.69 Å². The van der Waals surface area contributed by atoms with Crippen LogP contribution in [0.2, 0.25) is 0 Å². The van der Waals surface area contributed by atoms with Gasteiger partial charge in [-0.15, -0.1) is 0 Å². The normalized spacial score (nSPS) is 24.5. The van der Waals surface area contributed by atoms with Gasteiger partial charge in [0.1, 0.15) is 0 Å². The van der Waals surface area contributed by atoms with Crippen LogP contribution in [-0.2, 0) is 12.8 Å². The van der Waals surface area contributed by atoms with Crippen LogP contribution in [0.4, 0.5) is 0 Å². The van der Waals surface area contributed by atoms with Crippen LogP contribution in [0, 0.1) is 5.92 Å². The zero-order chi connectivity index (χ0) is 18.1. The molecule has 1 atom stereocenters. The van der Waals surface area contributed by atoms with Crippen LogP contribution in [0.25, 0.3) is 0 Å². The highest BCUT2D eigenvalue weighted by atomic mass is 16.2. The number of hydrogen-bond donors (Lipinski definition) is 1. The van der Waals surface area contributed by atoms with Crippen molar-refractivity contribution in [3.63, 3.8) is 0 Å². The van der Waals surface area contributed by atoms with Gasteiger partial charge in [-0.05, 0) is 58.4 Å². The largest absolute Gasteiger partial charge is 0.337 e. The van der Waals surface area contributed by atoms with Gasteiger partial charge in [0.2, 0.25) is 0 Å². The maximum atomic E-state index is 13.0. The number of amides is 1. The highest BCUT2D eigenvalue weighted by Crippen LogP contribution is 2.27. The first-order chi connectivity index (χ1) is 12.6. The number of aromatic amines is 1. The number of piperazine rings is 1. The summed E-state index contributed by atoms with van der Waals surface area (Å²) in [5, 5.41) is 7.49. The van der Waals surface area contributed by atoms with Crippen LogP contribution in [0.5, 0.6) is 0 Å². The third-order valence-electron chi connectivity index (χ3n) is 6.88. The fourth-order valence-electron chi connectivity index (χ4n) is 4.92. The van der Waals surface area contributed by atoms with Crippen LogP contribution in [0.3, 0.4) is 0 Å². The Morgan fingerprint density at radius 1 is 1.08 bits per heavy atom. The number of likely N-dealkylation sites (N-methyl/N-ethyl adjacent to an activating group) is 1. The van der Waals surface area contributed by atoms with Crippen molar-refractivity contribution in [3.05, 3.63) is 17.0 Å². The van der Waals surface area contributed by atoms with E-state index >= 15 is 0 Å². The molecule has 2 saturated heterocycles. The lowest BCUT2D eigenvalue weighted by molar-refractivity contribution is 0.0496. The molecule has 1 aromatic rings. The van der Waals surface area contributed by atoms with Crippen molar-refractivity contribution in [3.8, 4) is 0 Å². The minimum Gasteiger partial charge on any atom is -0.337 e. The zero-order valence-corrected chi connectivity index (χ0v) is 16.3. The quantitative estimate of drug-likeness (QED) is 0.894. The molecule has 0 aromatic carbocycles. The fourth-order valence-corrected chi connectivity index (χ4v) is 4.92. The van der Waals surface area contributed by atoms with Crippen molar-refractivity contribution in [2.75, 3.05) is 46.3 Å². The Labute approximate surface area is 156 Å². The van der Waals surface area contributed by atoms with Crippen molar-refractivity contribution in [1.29, 1.82) is 0 Å². The van der Waals surface area contributed by atoms with Gasteiger partial charge >= 0.3 is 0 Å². The molecule has 1 aliphatic carbocycles. The van der Waals surface area contributed by atoms with E-state index < -0.39 is 0 Å². The first-order valence-corrected chi connectivity index (χ1v) is 10.4. The number of nitrogens with one attached hydrogen (secondary N) is 1. The van der Waals surface area contributed by atoms with Crippen LogP contribution >= 0.6 is 0 Å². The van der Waals surface area contributed by atoms with Crippen molar-refractivity contribution in [1.82, 2.24) is 24.9 Å². The topological polar surface area (TPSA) is 55.5 Å². The van der Waals surface area contributed by atoms with E-state index in [-0.39, 0.29) is 5.91 Å². The van der Waals surface area contributed by atoms with E-state index in [1.54, 1.807) is 0 Å². The predicted molar refractivity (Wildman–Crippen MR) is 102 cm³/mol. The maximum absolute atomic E-state index is 13.0. The Morgan fingerprint density at radius 2 is 1.77 bits per heavy atom. The van der Waals surface area contributed by atoms with Crippen LogP contribution in [0.15, 0.2) is 0 Å². The second kappa shape index (κ2) is 7.69. The average Bonchev–Trinajstić information content (AvgIpc) is 3.12. The lowest BCUT2D eigenvalue weighted by atomic mass is 9.88. The minimum atomic E-state index is 0.148. The number of aromatic nitrogens is 2. The van der Waals surface area contributed by atoms with E-state index in [9.17, 15) is 4.79 Å². The molecule has 0 saturated carbocycles. The molecule has 0 radical (unpaired) electrons. The lowest BCUT2D eigenvalue weighted by Gasteiger charge is -2.42. The second-order valence-electron chi connectivity index (χ2n) is 8.45. The molecule has 3 heterocycles. The highest BCUT2D eigenvalue weighted by Gasteiger charge is 2.32. The molecule has 1 amide bonds. The summed E-state index contributed by atoms with van der Waals surface area (Å²) in [6.45, 7) is 8.84. The molecule has 0 unspecified atom stereocenters. The van der Waals surface area contributed by atoms with E-state index in [1.165, 1.54) is 50.3 Å². The SMILES string of the molecule is C[C@H](C1CCN(C(=O)c2n[nH]c3c2CCCC3)CC1)N1CCN(C)CC1. The standard InChI is InChI=1S/C20H33N5O/c1-15(24-13-11-23(2)12-14-24)16-7-9-25(10-8-16)20(26)19-17-5-3-4-6-18(17)21-22-19/h15-16H,3-14H2,1-2H3,(H,21,22)/t15-/m1/s1. The Bertz CT molecular complexity index is 626. The van der Waals surface area contributed by atoms with Crippen LogP contribution < -0.4 is 0 Å². The Balaban J connectivity index is 1.33. The van der Waals surface area contributed by atoms with E-state index in [1.807, 2.05) is 4.90 Å². The molecular formula is C20H33N5O. The molecule has 6 nitrogen and oxygen atoms in total. The minimum absolute atomic E-state index is 0.148. The molecule has 1 aromatic heterocycles. The van der Waals surface area contributed by atoms with Crippen molar-refractivity contribution in [2.24, 2.45) is 5.92 Å². The summed E-state index contributed by atoms with van der Waals surface area (Å²) in [4.78, 5) is 20.1. The van der Waals surface area contributed by atoms with Gasteiger partial charge in [0, 0.05) is 56.6 Å². The van der Waals surface area contributed by atoms with Crippen LogP contribution in [0.1, 0.15) is 54.4 Å². The van der Waals surface area contributed by atoms with E-state index in [2.05, 4.69) is 34.0 Å². The smallest absolute Gasteiger partial charge is 0.274 e. The van der Waals surface area contributed by atoms with Gasteiger partial charge in [-0.3, -0.25) is 14.8 Å². The molecule has 0 spiro atoms. The molecule has 1 N–H and O–H groups in total. The fraction of sp³-hybridized carbons (Fsp3) is 0.800. The number of fused-ring (bicyclic) bond motifs is 1. The number of piperidine rings is 1. The number of carbonyl (C=O) groups is 1. The monoisotopic (exact) mass is 359 g/mol. The first kappa shape index (κ1) is 18.0. The van der Waals surface area contributed by atoms with Gasteiger partial charge in [0.25, 0.3) is 5.91 Å². The number of rotatable bonds is 3. The summed E-state index contributed by atoms with van der Waals surface area (Å²) in [5.41, 5.74) is 3.08. The zero-order valence-electron chi connectivity index (χ0n) is 16.3. The number of hydrogen-bond acceptors (Lipinski definition) is 4. The molecule has 2 fully saturated rings. The van der Waals surface area contributed by atoms with E-state index in [0.717, 1.165) is 38.8 Å². The third-order valence-corrected chi connectivity index (χ3v) is 6.88. The number of nitrogens with zero attached hydrogens (tertiary/aromatic N) is 4. The molecule has 3 aliphatic rings. The Hall–Kier alpha value is -1.40. The second-order valence-corrected chi connectivity index (χ2v) is 8.45. The van der Waals surface area contributed by atoms with Crippen molar-refractivity contribution < 1.29 is 4.79 Å². The summed E-state index contributed by atoms with van der Waals surface area (Å²) in [6, 6.07) is 0.624. The number of likely N-dealkylation sites (tertiary alicyclic amines) is 1. The van der Waals surface area contributed by atoms with Gasteiger partial charge in [-0.25, -0.2) is 0 Å². The summed E-state index contributed by atoms with van der Waals surface area (Å²) < 4.78 is 0. The number of H-pyrrole nitrogens is 1. The molecule has 144 valence electrons. The van der Waals surface area contributed by atoms with Gasteiger partial charge < -0.3 is 9.80 Å². The molecule has 6 heteroatoms. The van der Waals surface area contributed by atoms with Crippen molar-refractivity contribution >= 4 is 5.91 Å². The Kier molecular flexibility index (Phi) is 5.32. The summed E-state index contributed by atoms with van der Waals surface area (Å²) in [7, 11) is 2.21. The van der Waals surface area contributed by atoms with Crippen LogP contribution in [-0.4, -0.2) is 83.2 Å². The lowest BCUT2D eigenvalue weighted by Crippen LogP contribution is -2.52. The van der Waals surface area contributed by atoms with Gasteiger partial charge in [-0.2, -0.15) is 5.10 Å². The molecular weight excluding hydrogens is 326 g/mol. The number of aryl methyl sites for hydroxylation is 1. The molecule has 4 rings (SSSR count). The van der Waals surface area contributed by atoms with Gasteiger partial charge in [0.05, 0.1) is 0 Å². The van der Waals surface area contributed by atoms with Gasteiger partial charge in [-0.1, -0.05) is 0 Å². The molecule has 26 heavy (non-hydrogen) atoms. The maximum Gasteiger partial charge on any atom is 0.274 e. The average molecular weight is 360 g/mol. The first-order valence-electron chi connectivity index (χ1n) is 10.4. The van der Waals surface area contributed by atoms with E-state index in [4.69, 9.17) is 0 Å². The number of carbonyl (C=O) groups excluding carboxylic acids is 1. The Morgan fingerprint density at radius 3 is 2.50 bits per heavy atom. The van der Waals surface area contributed by atoms with Crippen molar-refractivity contribution in [2.45, 2.75) is 51.5 Å². The highest BCUT2D eigenvalue weighted by molar-refractivity contribution is 5.94.